The van der Waals surface area contributed by atoms with Gasteiger partial charge in [-0.1, -0.05) is 6.07 Å². The van der Waals surface area contributed by atoms with Gasteiger partial charge in [0.15, 0.2) is 11.5 Å². The van der Waals surface area contributed by atoms with E-state index in [1.807, 2.05) is 13.8 Å². The Morgan fingerprint density at radius 2 is 2.00 bits per heavy atom. The zero-order valence-electron chi connectivity index (χ0n) is 15.9. The van der Waals surface area contributed by atoms with Crippen molar-refractivity contribution in [2.24, 2.45) is 4.99 Å². The van der Waals surface area contributed by atoms with Crippen molar-refractivity contribution in [2.45, 2.75) is 26.5 Å². The van der Waals surface area contributed by atoms with E-state index in [0.29, 0.717) is 5.49 Å². The molecule has 1 aromatic carbocycles. The number of methoxy groups -OCH3 is 1. The Hall–Kier alpha value is -3.56. The lowest BCUT2D eigenvalue weighted by Gasteiger charge is -2.11. The van der Waals surface area contributed by atoms with Crippen molar-refractivity contribution in [2.75, 3.05) is 7.11 Å². The molecular weight excluding hydrogens is 388 g/mol. The van der Waals surface area contributed by atoms with E-state index in [4.69, 9.17) is 4.74 Å². The molecule has 0 aliphatic carbocycles. The number of aromatic nitrogens is 1. The highest BCUT2D eigenvalue weighted by Gasteiger charge is 2.20. The number of ether oxygens (including phenoxy) is 2. The van der Waals surface area contributed by atoms with Gasteiger partial charge in [0, 0.05) is 18.3 Å². The summed E-state index contributed by atoms with van der Waals surface area (Å²) in [6.07, 6.45) is 3.84. The number of rotatable bonds is 7. The Morgan fingerprint density at radius 3 is 2.59 bits per heavy atom. The Bertz CT molecular complexity index is 1000. The number of hydrogen-bond donors (Lipinski definition) is 0. The van der Waals surface area contributed by atoms with Crippen molar-refractivity contribution >= 4 is 17.7 Å². The molecular formula is C19H19F2N3O5. The van der Waals surface area contributed by atoms with Crippen LogP contribution in [0.1, 0.15) is 24.2 Å². The number of alkyl halides is 2. The van der Waals surface area contributed by atoms with Crippen molar-refractivity contribution in [1.29, 1.82) is 0 Å². The minimum atomic E-state index is -3.18. The highest BCUT2D eigenvalue weighted by Crippen LogP contribution is 2.36. The minimum Gasteiger partial charge on any atom is -0.493 e. The number of pyridine rings is 1. The summed E-state index contributed by atoms with van der Waals surface area (Å²) in [5.74, 6) is -1.11. The number of benzene rings is 1. The van der Waals surface area contributed by atoms with Crippen LogP contribution >= 0.6 is 0 Å². The minimum absolute atomic E-state index is 0.0132. The molecule has 2 aromatic rings. The summed E-state index contributed by atoms with van der Waals surface area (Å²) in [6.45, 7) is 0.538. The third kappa shape index (κ3) is 5.71. The average Bonchev–Trinajstić information content (AvgIpc) is 2.65. The molecule has 10 heteroatoms. The number of allylic oxidation sites excluding steroid dienone is 1. The fraction of sp³-hybridized carbons (Fsp3) is 0.263. The van der Waals surface area contributed by atoms with Crippen LogP contribution in [0, 0.1) is 10.1 Å². The van der Waals surface area contributed by atoms with Crippen molar-refractivity contribution in [3.8, 4) is 11.5 Å². The first-order valence-electron chi connectivity index (χ1n) is 8.48. The fourth-order valence-electron chi connectivity index (χ4n) is 2.44. The van der Waals surface area contributed by atoms with Gasteiger partial charge in [-0.2, -0.15) is 8.78 Å². The predicted octanol–water partition coefficient (Wildman–Crippen LogP) is 3.67. The van der Waals surface area contributed by atoms with Crippen molar-refractivity contribution < 1.29 is 28.0 Å². The third-order valence-electron chi connectivity index (χ3n) is 3.60. The van der Waals surface area contributed by atoms with Crippen LogP contribution in [-0.2, 0) is 0 Å². The Kier molecular flexibility index (Phi) is 7.18. The zero-order chi connectivity index (χ0) is 21.6. The number of hydrogen-bond acceptors (Lipinski definition) is 6. The number of carbonyl (C=O) groups is 1. The summed E-state index contributed by atoms with van der Waals surface area (Å²) in [5, 5.41) is 11.3. The van der Waals surface area contributed by atoms with Gasteiger partial charge in [-0.25, -0.2) is 0 Å². The molecule has 2 rings (SSSR count). The lowest BCUT2D eigenvalue weighted by molar-refractivity contribution is -0.385. The average molecular weight is 407 g/mol. The summed E-state index contributed by atoms with van der Waals surface area (Å²) >= 11 is 0. The summed E-state index contributed by atoms with van der Waals surface area (Å²) in [4.78, 5) is 27.5. The maximum absolute atomic E-state index is 12.6. The second-order valence-corrected chi connectivity index (χ2v) is 6.02. The lowest BCUT2D eigenvalue weighted by atomic mass is 10.1. The van der Waals surface area contributed by atoms with Gasteiger partial charge in [-0.15, -0.1) is 0 Å². The van der Waals surface area contributed by atoms with E-state index in [1.165, 1.54) is 23.9 Å². The molecule has 0 spiro atoms. The molecule has 0 unspecified atom stereocenters. The molecule has 0 radical (unpaired) electrons. The van der Waals surface area contributed by atoms with Crippen LogP contribution in [0.15, 0.2) is 47.6 Å². The molecule has 0 aliphatic rings. The quantitative estimate of drug-likeness (QED) is 0.396. The molecule has 8 nitrogen and oxygen atoms in total. The Labute approximate surface area is 164 Å². The molecule has 0 fully saturated rings. The first kappa shape index (κ1) is 21.7. The molecule has 0 saturated heterocycles. The van der Waals surface area contributed by atoms with E-state index in [0.717, 1.165) is 18.2 Å². The van der Waals surface area contributed by atoms with Gasteiger partial charge in [-0.3, -0.25) is 24.5 Å². The Morgan fingerprint density at radius 1 is 1.28 bits per heavy atom. The van der Waals surface area contributed by atoms with Crippen LogP contribution in [0.3, 0.4) is 0 Å². The van der Waals surface area contributed by atoms with Crippen molar-refractivity contribution in [3.05, 3.63) is 63.8 Å². The van der Waals surface area contributed by atoms with Gasteiger partial charge < -0.3 is 9.47 Å². The molecule has 1 heterocycles. The van der Waals surface area contributed by atoms with Gasteiger partial charge in [0.2, 0.25) is 0 Å². The van der Waals surface area contributed by atoms with E-state index in [9.17, 15) is 23.7 Å². The van der Waals surface area contributed by atoms with E-state index in [1.54, 1.807) is 18.2 Å². The topological polar surface area (TPSA) is 96.0 Å². The normalized spacial score (nSPS) is 12.0. The number of nitrogens with zero attached hydrogens (tertiary/aromatic N) is 3. The van der Waals surface area contributed by atoms with E-state index >= 15 is 0 Å². The second kappa shape index (κ2) is 9.58. The highest BCUT2D eigenvalue weighted by molar-refractivity contribution is 5.94. The van der Waals surface area contributed by atoms with E-state index < -0.39 is 28.9 Å². The first-order chi connectivity index (χ1) is 13.7. The maximum Gasteiger partial charge on any atom is 0.387 e. The van der Waals surface area contributed by atoms with Gasteiger partial charge in [0.05, 0.1) is 23.7 Å². The van der Waals surface area contributed by atoms with Crippen LogP contribution < -0.4 is 15.0 Å². The van der Waals surface area contributed by atoms with Crippen LogP contribution in [-0.4, -0.2) is 35.2 Å². The second-order valence-electron chi connectivity index (χ2n) is 6.02. The summed E-state index contributed by atoms with van der Waals surface area (Å²) in [7, 11) is 1.21. The summed E-state index contributed by atoms with van der Waals surface area (Å²) < 4.78 is 35.5. The van der Waals surface area contributed by atoms with Gasteiger partial charge in [-0.05, 0) is 38.1 Å². The molecule has 1 aromatic heterocycles. The molecule has 0 atom stereocenters. The molecule has 0 amide bonds. The van der Waals surface area contributed by atoms with Gasteiger partial charge in [0.1, 0.15) is 5.49 Å². The predicted molar refractivity (Wildman–Crippen MR) is 101 cm³/mol. The molecule has 0 N–H and O–H groups in total. The summed E-state index contributed by atoms with van der Waals surface area (Å²) in [5.41, 5.74) is -0.110. The van der Waals surface area contributed by atoms with E-state index in [2.05, 4.69) is 9.73 Å². The zero-order valence-corrected chi connectivity index (χ0v) is 15.9. The maximum atomic E-state index is 12.6. The van der Waals surface area contributed by atoms with Gasteiger partial charge in [0.25, 0.3) is 11.6 Å². The first-order valence-corrected chi connectivity index (χ1v) is 8.48. The monoisotopic (exact) mass is 407 g/mol. The van der Waals surface area contributed by atoms with Crippen LogP contribution in [0.5, 0.6) is 11.5 Å². The van der Waals surface area contributed by atoms with Gasteiger partial charge >= 0.3 is 6.61 Å². The fourth-order valence-corrected chi connectivity index (χ4v) is 2.44. The lowest BCUT2D eigenvalue weighted by Crippen LogP contribution is -2.26. The van der Waals surface area contributed by atoms with Crippen molar-refractivity contribution in [3.63, 3.8) is 0 Å². The molecule has 0 bridgehead atoms. The van der Waals surface area contributed by atoms with E-state index in [-0.39, 0.29) is 17.4 Å². The molecule has 0 aliphatic heterocycles. The van der Waals surface area contributed by atoms with Crippen LogP contribution in [0.25, 0.3) is 6.08 Å². The highest BCUT2D eigenvalue weighted by atomic mass is 19.3. The standard InChI is InChI=1S/C19H19F2N3O5/c1-12(2)22-17-6-4-5-9-23(17)18(25)8-7-13-10-15(28-3)16(29-19(20)21)11-14(13)24(26)27/h4-12,19H,1-3H3/b8-7+,22-17?. The smallest absolute Gasteiger partial charge is 0.387 e. The largest absolute Gasteiger partial charge is 0.493 e. The molecule has 29 heavy (non-hydrogen) atoms. The number of nitro benzene ring substituents is 1. The van der Waals surface area contributed by atoms with Crippen LogP contribution in [0.2, 0.25) is 0 Å². The Balaban J connectivity index is 2.47. The third-order valence-corrected chi connectivity index (χ3v) is 3.60. The number of nitro groups is 1. The molecule has 154 valence electrons. The van der Waals surface area contributed by atoms with Crippen molar-refractivity contribution in [1.82, 2.24) is 4.57 Å². The number of carbonyl (C=O) groups excluding carboxylic acids is 1. The van der Waals surface area contributed by atoms with Crippen LogP contribution in [0.4, 0.5) is 14.5 Å². The molecule has 0 saturated carbocycles. The SMILES string of the molecule is COc1cc(/C=C/C(=O)n2ccccc2=NC(C)C)c([N+](=O)[O-])cc1OC(F)F. The summed E-state index contributed by atoms with van der Waals surface area (Å²) in [6, 6.07) is 6.96. The number of halogens is 2.